The van der Waals surface area contributed by atoms with Gasteiger partial charge in [0.15, 0.2) is 5.96 Å². The van der Waals surface area contributed by atoms with Crippen LogP contribution in [-0.4, -0.2) is 38.2 Å². The van der Waals surface area contributed by atoms with Gasteiger partial charge in [-0.05, 0) is 26.2 Å². The SMILES string of the molecule is CCOC(=O)CCCNC(=NC)NC(C)C(C)C. The largest absolute Gasteiger partial charge is 0.466 e. The number of nitrogens with one attached hydrogen (secondary N) is 2. The van der Waals surface area contributed by atoms with Crippen molar-refractivity contribution in [1.29, 1.82) is 0 Å². The van der Waals surface area contributed by atoms with Crippen molar-refractivity contribution in [2.75, 3.05) is 20.2 Å². The van der Waals surface area contributed by atoms with Gasteiger partial charge in [-0.15, -0.1) is 0 Å². The van der Waals surface area contributed by atoms with E-state index in [4.69, 9.17) is 4.74 Å². The number of hydrogen-bond donors (Lipinski definition) is 2. The molecule has 0 rings (SSSR count). The molecule has 0 saturated carbocycles. The van der Waals surface area contributed by atoms with E-state index in [-0.39, 0.29) is 5.97 Å². The Kier molecular flexibility index (Phi) is 9.06. The highest BCUT2D eigenvalue weighted by Crippen LogP contribution is 1.99. The van der Waals surface area contributed by atoms with Crippen molar-refractivity contribution in [3.8, 4) is 0 Å². The number of guanidine groups is 1. The number of esters is 1. The maximum absolute atomic E-state index is 11.1. The Morgan fingerprint density at radius 2 is 2.00 bits per heavy atom. The Hall–Kier alpha value is -1.26. The lowest BCUT2D eigenvalue weighted by Crippen LogP contribution is -2.44. The van der Waals surface area contributed by atoms with Gasteiger partial charge in [-0.25, -0.2) is 0 Å². The van der Waals surface area contributed by atoms with E-state index in [0.717, 1.165) is 12.4 Å². The van der Waals surface area contributed by atoms with E-state index < -0.39 is 0 Å². The Morgan fingerprint density at radius 1 is 1.33 bits per heavy atom. The number of aliphatic imine (C=N–C) groups is 1. The van der Waals surface area contributed by atoms with Gasteiger partial charge in [0, 0.05) is 26.1 Å². The minimum absolute atomic E-state index is 0.141. The highest BCUT2D eigenvalue weighted by atomic mass is 16.5. The van der Waals surface area contributed by atoms with E-state index in [9.17, 15) is 4.79 Å². The molecule has 0 aromatic rings. The van der Waals surface area contributed by atoms with Crippen LogP contribution >= 0.6 is 0 Å². The van der Waals surface area contributed by atoms with E-state index in [1.165, 1.54) is 0 Å². The van der Waals surface area contributed by atoms with Gasteiger partial charge in [0.25, 0.3) is 0 Å². The average Bonchev–Trinajstić information content (AvgIpc) is 2.32. The summed E-state index contributed by atoms with van der Waals surface area (Å²) < 4.78 is 4.86. The summed E-state index contributed by atoms with van der Waals surface area (Å²) in [6.07, 6.45) is 1.19. The lowest BCUT2D eigenvalue weighted by atomic mass is 10.1. The molecule has 0 aliphatic heterocycles. The summed E-state index contributed by atoms with van der Waals surface area (Å²) in [7, 11) is 1.74. The van der Waals surface area contributed by atoms with Gasteiger partial charge in [0.05, 0.1) is 6.61 Å². The van der Waals surface area contributed by atoms with Gasteiger partial charge in [-0.3, -0.25) is 9.79 Å². The molecule has 0 fully saturated rings. The number of rotatable bonds is 7. The third-order valence-electron chi connectivity index (χ3n) is 2.74. The lowest BCUT2D eigenvalue weighted by Gasteiger charge is -2.20. The Bertz CT molecular complexity index is 265. The summed E-state index contributed by atoms with van der Waals surface area (Å²) in [6, 6.07) is 0.362. The molecule has 0 saturated heterocycles. The molecule has 1 atom stereocenters. The van der Waals surface area contributed by atoms with Crippen LogP contribution in [0, 0.1) is 5.92 Å². The summed E-state index contributed by atoms with van der Waals surface area (Å²) >= 11 is 0. The molecule has 0 heterocycles. The second-order valence-corrected chi connectivity index (χ2v) is 4.58. The molecule has 0 amide bonds. The van der Waals surface area contributed by atoms with E-state index in [1.807, 2.05) is 6.92 Å². The van der Waals surface area contributed by atoms with E-state index in [0.29, 0.717) is 31.5 Å². The van der Waals surface area contributed by atoms with E-state index >= 15 is 0 Å². The number of ether oxygens (including phenoxy) is 1. The Morgan fingerprint density at radius 3 is 2.50 bits per heavy atom. The fourth-order valence-electron chi connectivity index (χ4n) is 1.25. The highest BCUT2D eigenvalue weighted by molar-refractivity contribution is 5.80. The summed E-state index contributed by atoms with van der Waals surface area (Å²) in [4.78, 5) is 15.3. The molecule has 5 nitrogen and oxygen atoms in total. The normalized spacial score (nSPS) is 13.3. The molecule has 0 radical (unpaired) electrons. The zero-order valence-corrected chi connectivity index (χ0v) is 12.2. The third kappa shape index (κ3) is 7.92. The first-order valence-electron chi connectivity index (χ1n) is 6.64. The monoisotopic (exact) mass is 257 g/mol. The van der Waals surface area contributed by atoms with Gasteiger partial charge >= 0.3 is 5.97 Å². The Labute approximate surface area is 110 Å². The molecule has 0 bridgehead atoms. The van der Waals surface area contributed by atoms with Crippen LogP contribution in [0.25, 0.3) is 0 Å². The summed E-state index contributed by atoms with van der Waals surface area (Å²) in [5, 5.41) is 6.49. The van der Waals surface area contributed by atoms with Crippen LogP contribution in [0.15, 0.2) is 4.99 Å². The van der Waals surface area contributed by atoms with Gasteiger partial charge in [-0.2, -0.15) is 0 Å². The standard InChI is InChI=1S/C13H27N3O2/c1-6-18-12(17)8-7-9-15-13(14-5)16-11(4)10(2)3/h10-11H,6-9H2,1-5H3,(H2,14,15,16). The molecule has 1 unspecified atom stereocenters. The van der Waals surface area contributed by atoms with Crippen LogP contribution in [0.4, 0.5) is 0 Å². The molecule has 5 heteroatoms. The summed E-state index contributed by atoms with van der Waals surface area (Å²) in [5.74, 6) is 1.18. The molecule has 18 heavy (non-hydrogen) atoms. The molecule has 106 valence electrons. The highest BCUT2D eigenvalue weighted by Gasteiger charge is 2.08. The van der Waals surface area contributed by atoms with Gasteiger partial charge < -0.3 is 15.4 Å². The zero-order valence-electron chi connectivity index (χ0n) is 12.2. The summed E-state index contributed by atoms with van der Waals surface area (Å²) in [5.41, 5.74) is 0. The molecule has 0 aromatic carbocycles. The van der Waals surface area contributed by atoms with Crippen LogP contribution in [0.1, 0.15) is 40.5 Å². The van der Waals surface area contributed by atoms with Crippen molar-refractivity contribution in [3.05, 3.63) is 0 Å². The lowest BCUT2D eigenvalue weighted by molar-refractivity contribution is -0.143. The Balaban J connectivity index is 3.79. The topological polar surface area (TPSA) is 62.7 Å². The van der Waals surface area contributed by atoms with Crippen molar-refractivity contribution in [2.45, 2.75) is 46.6 Å². The van der Waals surface area contributed by atoms with Gasteiger partial charge in [0.1, 0.15) is 0 Å². The van der Waals surface area contributed by atoms with Crippen LogP contribution in [0.2, 0.25) is 0 Å². The molecule has 0 spiro atoms. The molecule has 0 aliphatic carbocycles. The molecule has 0 aliphatic rings. The minimum Gasteiger partial charge on any atom is -0.466 e. The second kappa shape index (κ2) is 9.74. The van der Waals surface area contributed by atoms with Crippen molar-refractivity contribution in [2.24, 2.45) is 10.9 Å². The molecular formula is C13H27N3O2. The quantitative estimate of drug-likeness (QED) is 0.314. The number of carbonyl (C=O) groups excluding carboxylic acids is 1. The maximum atomic E-state index is 11.1. The maximum Gasteiger partial charge on any atom is 0.305 e. The van der Waals surface area contributed by atoms with E-state index in [2.05, 4.69) is 36.4 Å². The van der Waals surface area contributed by atoms with Crippen LogP contribution < -0.4 is 10.6 Å². The minimum atomic E-state index is -0.141. The summed E-state index contributed by atoms with van der Waals surface area (Å²) in [6.45, 7) is 9.41. The number of carbonyl (C=O) groups is 1. The van der Waals surface area contributed by atoms with Crippen molar-refractivity contribution < 1.29 is 9.53 Å². The first-order valence-corrected chi connectivity index (χ1v) is 6.64. The molecular weight excluding hydrogens is 230 g/mol. The fraction of sp³-hybridized carbons (Fsp3) is 0.846. The average molecular weight is 257 g/mol. The molecule has 2 N–H and O–H groups in total. The van der Waals surface area contributed by atoms with Gasteiger partial charge in [-0.1, -0.05) is 13.8 Å². The first-order chi connectivity index (χ1) is 8.51. The van der Waals surface area contributed by atoms with E-state index in [1.54, 1.807) is 7.05 Å². The second-order valence-electron chi connectivity index (χ2n) is 4.58. The van der Waals surface area contributed by atoms with Crippen molar-refractivity contribution in [1.82, 2.24) is 10.6 Å². The van der Waals surface area contributed by atoms with Crippen LogP contribution in [-0.2, 0) is 9.53 Å². The van der Waals surface area contributed by atoms with Crippen LogP contribution in [0.5, 0.6) is 0 Å². The molecule has 0 aromatic heterocycles. The number of nitrogens with zero attached hydrogens (tertiary/aromatic N) is 1. The van der Waals surface area contributed by atoms with Crippen molar-refractivity contribution >= 4 is 11.9 Å². The first kappa shape index (κ1) is 16.7. The van der Waals surface area contributed by atoms with Gasteiger partial charge in [0.2, 0.25) is 0 Å². The third-order valence-corrected chi connectivity index (χ3v) is 2.74. The van der Waals surface area contributed by atoms with Crippen LogP contribution in [0.3, 0.4) is 0 Å². The smallest absolute Gasteiger partial charge is 0.305 e. The van der Waals surface area contributed by atoms with Crippen molar-refractivity contribution in [3.63, 3.8) is 0 Å². The number of hydrogen-bond acceptors (Lipinski definition) is 3. The predicted molar refractivity (Wildman–Crippen MR) is 74.7 cm³/mol. The zero-order chi connectivity index (χ0) is 14.0. The predicted octanol–water partition coefficient (Wildman–Crippen LogP) is 1.54. The fourth-order valence-corrected chi connectivity index (χ4v) is 1.25.